The molecule has 0 atom stereocenters. The number of sulfone groups is 1. The van der Waals surface area contributed by atoms with Crippen molar-refractivity contribution in [2.75, 3.05) is 33.4 Å². The number of nitrogens with one attached hydrogen (secondary N) is 1. The first-order chi connectivity index (χ1) is 17.8. The monoisotopic (exact) mass is 565 g/mol. The van der Waals surface area contributed by atoms with Crippen molar-refractivity contribution in [2.24, 2.45) is 0 Å². The number of alkyl halides is 5. The molecule has 2 N–H and O–H groups in total. The highest BCUT2D eigenvalue weighted by Crippen LogP contribution is 2.39. The van der Waals surface area contributed by atoms with E-state index >= 15 is 0 Å². The molecule has 1 fully saturated rings. The third kappa shape index (κ3) is 6.14. The van der Waals surface area contributed by atoms with E-state index in [4.69, 9.17) is 4.74 Å². The minimum atomic E-state index is -5.63. The van der Waals surface area contributed by atoms with E-state index in [0.29, 0.717) is 37.5 Å². The molecule has 2 aromatic rings. The van der Waals surface area contributed by atoms with Crippen LogP contribution in [0.4, 0.5) is 22.0 Å². The number of pyridine rings is 1. The molecule has 1 amide bonds. The lowest BCUT2D eigenvalue weighted by atomic mass is 9.95. The molecular weight excluding hydrogens is 537 g/mol. The van der Waals surface area contributed by atoms with Crippen LogP contribution in [0.15, 0.2) is 47.5 Å². The van der Waals surface area contributed by atoms with Gasteiger partial charge in [-0.1, -0.05) is 18.2 Å². The molecule has 1 saturated heterocycles. The van der Waals surface area contributed by atoms with Gasteiger partial charge in [0, 0.05) is 44.9 Å². The molecule has 1 aromatic heterocycles. The number of benzene rings is 1. The van der Waals surface area contributed by atoms with E-state index in [-0.39, 0.29) is 23.3 Å². The summed E-state index contributed by atoms with van der Waals surface area (Å²) in [7, 11) is -2.68. The Morgan fingerprint density at radius 1 is 1.11 bits per heavy atom. The standard InChI is InChI=1S/C24H28F5N3O5S/c1-37-15-14-32-12-10-22(11-13-32,21(33)31-34)38(35,36)19-5-3-18(4-6-19)20-7-2-17(16-30-20)8-9-23(25,26)24(27,28)29/h2-7,16,34H,8-15H2,1H3,(H,31,33). The Kier molecular flexibility index (Phi) is 9.12. The van der Waals surface area contributed by atoms with Gasteiger partial charge < -0.3 is 9.64 Å². The van der Waals surface area contributed by atoms with E-state index in [0.717, 1.165) is 0 Å². The van der Waals surface area contributed by atoms with Crippen LogP contribution in [0.3, 0.4) is 0 Å². The van der Waals surface area contributed by atoms with Crippen LogP contribution >= 0.6 is 0 Å². The predicted molar refractivity (Wildman–Crippen MR) is 126 cm³/mol. The summed E-state index contributed by atoms with van der Waals surface area (Å²) in [6.45, 7) is 1.62. The maximum absolute atomic E-state index is 13.6. The Bertz CT molecular complexity index is 1200. The molecule has 1 aliphatic heterocycles. The zero-order valence-corrected chi connectivity index (χ0v) is 21.3. The van der Waals surface area contributed by atoms with Crippen LogP contribution in [0, 0.1) is 0 Å². The number of rotatable bonds is 10. The maximum atomic E-state index is 13.6. The maximum Gasteiger partial charge on any atom is 0.453 e. The van der Waals surface area contributed by atoms with Gasteiger partial charge in [0.1, 0.15) is 0 Å². The van der Waals surface area contributed by atoms with Crippen molar-refractivity contribution in [3.8, 4) is 11.3 Å². The van der Waals surface area contributed by atoms with Crippen molar-refractivity contribution >= 4 is 15.7 Å². The van der Waals surface area contributed by atoms with Gasteiger partial charge in [0.05, 0.1) is 17.2 Å². The lowest BCUT2D eigenvalue weighted by Gasteiger charge is -2.39. The fraction of sp³-hybridized carbons (Fsp3) is 0.500. The SMILES string of the molecule is COCCN1CCC(C(=O)NO)(S(=O)(=O)c2ccc(-c3ccc(CCC(F)(F)C(F)(F)F)cn3)cc2)CC1. The van der Waals surface area contributed by atoms with Gasteiger partial charge in [0.15, 0.2) is 14.6 Å². The van der Waals surface area contributed by atoms with Crippen LogP contribution in [0.25, 0.3) is 11.3 Å². The van der Waals surface area contributed by atoms with Crippen LogP contribution < -0.4 is 5.48 Å². The van der Waals surface area contributed by atoms with Crippen molar-refractivity contribution in [1.82, 2.24) is 15.4 Å². The Hall–Kier alpha value is -2.68. The highest BCUT2D eigenvalue weighted by molar-refractivity contribution is 7.93. The summed E-state index contributed by atoms with van der Waals surface area (Å²) in [4.78, 5) is 18.5. The molecule has 0 aliphatic carbocycles. The summed E-state index contributed by atoms with van der Waals surface area (Å²) in [5.41, 5.74) is 2.49. The second kappa shape index (κ2) is 11.6. The van der Waals surface area contributed by atoms with E-state index in [1.165, 1.54) is 48.1 Å². The summed E-state index contributed by atoms with van der Waals surface area (Å²) in [5.74, 6) is -5.82. The quantitative estimate of drug-likeness (QED) is 0.257. The number of ether oxygens (including phenoxy) is 1. The van der Waals surface area contributed by atoms with Crippen LogP contribution in [0.5, 0.6) is 0 Å². The topological polar surface area (TPSA) is 109 Å². The number of aryl methyl sites for hydroxylation is 1. The number of amides is 1. The summed E-state index contributed by atoms with van der Waals surface area (Å²) >= 11 is 0. The van der Waals surface area contributed by atoms with Crippen LogP contribution in [-0.2, 0) is 25.8 Å². The molecule has 0 bridgehead atoms. The molecule has 3 rings (SSSR count). The molecule has 0 unspecified atom stereocenters. The van der Waals surface area contributed by atoms with Crippen LogP contribution in [0.1, 0.15) is 24.8 Å². The fourth-order valence-corrected chi connectivity index (χ4v) is 6.25. The van der Waals surface area contributed by atoms with E-state index in [1.54, 1.807) is 7.11 Å². The zero-order valence-electron chi connectivity index (χ0n) is 20.5. The molecule has 0 spiro atoms. The first kappa shape index (κ1) is 29.9. The number of halogens is 5. The number of likely N-dealkylation sites (tertiary alicyclic amines) is 1. The average Bonchev–Trinajstić information content (AvgIpc) is 2.90. The number of aromatic nitrogens is 1. The van der Waals surface area contributed by atoms with Crippen LogP contribution in [-0.4, -0.2) is 79.6 Å². The molecule has 1 aliphatic rings. The van der Waals surface area contributed by atoms with Crippen molar-refractivity contribution < 1.29 is 45.1 Å². The molecular formula is C24H28F5N3O5S. The average molecular weight is 566 g/mol. The van der Waals surface area contributed by atoms with Crippen molar-refractivity contribution in [1.29, 1.82) is 0 Å². The number of carbonyl (C=O) groups is 1. The molecule has 8 nitrogen and oxygen atoms in total. The molecule has 14 heteroatoms. The zero-order chi connectivity index (χ0) is 28.2. The second-order valence-corrected chi connectivity index (χ2v) is 11.3. The minimum Gasteiger partial charge on any atom is -0.383 e. The van der Waals surface area contributed by atoms with E-state index in [9.17, 15) is 40.4 Å². The minimum absolute atomic E-state index is 0.0381. The molecule has 0 saturated carbocycles. The van der Waals surface area contributed by atoms with Gasteiger partial charge in [-0.05, 0) is 43.0 Å². The normalized spacial score (nSPS) is 16.8. The lowest BCUT2D eigenvalue weighted by molar-refractivity contribution is -0.284. The fourth-order valence-electron chi connectivity index (χ4n) is 4.29. The van der Waals surface area contributed by atoms with E-state index in [1.807, 2.05) is 4.90 Å². The Labute approximate surface area is 216 Å². The number of hydroxylamine groups is 1. The van der Waals surface area contributed by atoms with Gasteiger partial charge >= 0.3 is 12.1 Å². The predicted octanol–water partition coefficient (Wildman–Crippen LogP) is 3.64. The molecule has 0 radical (unpaired) electrons. The molecule has 38 heavy (non-hydrogen) atoms. The number of hydrogen-bond donors (Lipinski definition) is 2. The first-order valence-electron chi connectivity index (χ1n) is 11.7. The van der Waals surface area contributed by atoms with Crippen LogP contribution in [0.2, 0.25) is 0 Å². The lowest BCUT2D eigenvalue weighted by Crippen LogP contribution is -2.58. The number of methoxy groups -OCH3 is 1. The van der Waals surface area contributed by atoms with Gasteiger partial charge in [-0.15, -0.1) is 0 Å². The van der Waals surface area contributed by atoms with Crippen molar-refractivity contribution in [3.63, 3.8) is 0 Å². The number of piperidine rings is 1. The smallest absolute Gasteiger partial charge is 0.383 e. The van der Waals surface area contributed by atoms with Gasteiger partial charge in [-0.25, -0.2) is 13.9 Å². The third-order valence-corrected chi connectivity index (χ3v) is 9.25. The second-order valence-electron chi connectivity index (χ2n) is 9.05. The van der Waals surface area contributed by atoms with Gasteiger partial charge in [-0.2, -0.15) is 22.0 Å². The third-order valence-electron chi connectivity index (χ3n) is 6.73. The van der Waals surface area contributed by atoms with Crippen molar-refractivity contribution in [3.05, 3.63) is 48.2 Å². The first-order valence-corrected chi connectivity index (χ1v) is 13.2. The van der Waals surface area contributed by atoms with Gasteiger partial charge in [-0.3, -0.25) is 15.0 Å². The largest absolute Gasteiger partial charge is 0.453 e. The van der Waals surface area contributed by atoms with Gasteiger partial charge in [0.2, 0.25) is 0 Å². The highest BCUT2D eigenvalue weighted by atomic mass is 32.2. The molecule has 2 heterocycles. The van der Waals surface area contributed by atoms with E-state index < -0.39 is 45.4 Å². The Morgan fingerprint density at radius 3 is 2.24 bits per heavy atom. The summed E-state index contributed by atoms with van der Waals surface area (Å²) < 4.78 is 93.7. The Balaban J connectivity index is 1.76. The number of nitrogens with zero attached hydrogens (tertiary/aromatic N) is 2. The summed E-state index contributed by atoms with van der Waals surface area (Å²) in [5, 5.41) is 9.30. The van der Waals surface area contributed by atoms with E-state index in [2.05, 4.69) is 4.98 Å². The Morgan fingerprint density at radius 2 is 1.74 bits per heavy atom. The highest BCUT2D eigenvalue weighted by Gasteiger charge is 2.56. The number of carbonyl (C=O) groups excluding carboxylic acids is 1. The number of hydrogen-bond acceptors (Lipinski definition) is 7. The molecule has 1 aromatic carbocycles. The van der Waals surface area contributed by atoms with Crippen molar-refractivity contribution in [2.45, 2.75) is 47.4 Å². The molecule has 210 valence electrons. The van der Waals surface area contributed by atoms with Gasteiger partial charge in [0.25, 0.3) is 5.91 Å². The summed E-state index contributed by atoms with van der Waals surface area (Å²) in [6, 6.07) is 8.30. The summed E-state index contributed by atoms with van der Waals surface area (Å²) in [6.07, 6.45) is -6.45.